The number of rotatable bonds is 6. The molecule has 4 rings (SSSR count). The molecule has 3 fully saturated rings. The third kappa shape index (κ3) is 5.20. The summed E-state index contributed by atoms with van der Waals surface area (Å²) in [7, 11) is 0. The van der Waals surface area contributed by atoms with Gasteiger partial charge in [-0.2, -0.15) is 5.26 Å². The predicted molar refractivity (Wildman–Crippen MR) is 144 cm³/mol. The molecule has 3 aliphatic rings. The Morgan fingerprint density at radius 1 is 1.26 bits per heavy atom. The van der Waals surface area contributed by atoms with Crippen LogP contribution < -0.4 is 10.5 Å². The minimum Gasteiger partial charge on any atom is -0.376 e. The maximum atomic E-state index is 13.4. The molecule has 1 amide bonds. The average Bonchev–Trinajstić information content (AvgIpc) is 3.41. The molecule has 0 aliphatic carbocycles. The van der Waals surface area contributed by atoms with E-state index in [1.54, 1.807) is 9.47 Å². The zero-order chi connectivity index (χ0) is 25.3. The number of hydrogen-bond donors (Lipinski definition) is 0. The number of aromatic nitrogens is 1. The minimum absolute atomic E-state index is 0.0159. The molecule has 0 radical (unpaired) electrons. The fourth-order valence-corrected chi connectivity index (χ4v) is 6.79. The number of ether oxygens (including phenoxy) is 1. The molecule has 9 heteroatoms. The van der Waals surface area contributed by atoms with E-state index in [9.17, 15) is 14.9 Å². The largest absolute Gasteiger partial charge is 0.376 e. The third-order valence-corrected chi connectivity index (χ3v) is 8.40. The van der Waals surface area contributed by atoms with Gasteiger partial charge in [0.2, 0.25) is 0 Å². The van der Waals surface area contributed by atoms with Crippen molar-refractivity contribution in [1.29, 1.82) is 5.26 Å². The number of carbonyl (C=O) groups excluding carboxylic acids is 1. The zero-order valence-electron chi connectivity index (χ0n) is 21.0. The Labute approximate surface area is 217 Å². The first-order chi connectivity index (χ1) is 16.7. The quantitative estimate of drug-likeness (QED) is 0.414. The monoisotopic (exact) mass is 514 g/mol. The topological polar surface area (TPSA) is 78.6 Å². The number of nitriles is 1. The average molecular weight is 515 g/mol. The van der Waals surface area contributed by atoms with Gasteiger partial charge in [0.15, 0.2) is 0 Å². The normalized spacial score (nSPS) is 26.1. The molecule has 35 heavy (non-hydrogen) atoms. The molecule has 7 nitrogen and oxygen atoms in total. The van der Waals surface area contributed by atoms with Crippen LogP contribution in [0.4, 0.5) is 5.82 Å². The van der Waals surface area contributed by atoms with Crippen molar-refractivity contribution in [3.05, 3.63) is 31.9 Å². The molecule has 4 heterocycles. The maximum absolute atomic E-state index is 13.4. The number of piperidine rings is 1. The summed E-state index contributed by atoms with van der Waals surface area (Å²) in [5.41, 5.74) is 1.28. The summed E-state index contributed by atoms with van der Waals surface area (Å²) < 4.78 is 8.00. The number of thioether (sulfide) groups is 1. The van der Waals surface area contributed by atoms with Crippen molar-refractivity contribution >= 4 is 46.1 Å². The Balaban J connectivity index is 1.83. The second-order valence-corrected chi connectivity index (χ2v) is 11.8. The summed E-state index contributed by atoms with van der Waals surface area (Å²) >= 11 is 6.84. The molecule has 0 spiro atoms. The van der Waals surface area contributed by atoms with E-state index in [1.165, 1.54) is 11.8 Å². The molecule has 3 atom stereocenters. The number of thiocarbonyl (C=S) groups is 1. The van der Waals surface area contributed by atoms with Crippen LogP contribution in [-0.4, -0.2) is 52.0 Å². The first kappa shape index (κ1) is 25.9. The number of pyridine rings is 1. The van der Waals surface area contributed by atoms with Crippen LogP contribution >= 0.6 is 24.0 Å². The van der Waals surface area contributed by atoms with Gasteiger partial charge in [-0.05, 0) is 56.1 Å². The van der Waals surface area contributed by atoms with E-state index in [-0.39, 0.29) is 23.1 Å². The van der Waals surface area contributed by atoms with Crippen LogP contribution in [0.5, 0.6) is 0 Å². The van der Waals surface area contributed by atoms with Gasteiger partial charge in [-0.1, -0.05) is 44.8 Å². The minimum atomic E-state index is -0.254. The second kappa shape index (κ2) is 10.9. The van der Waals surface area contributed by atoms with Gasteiger partial charge in [-0.15, -0.1) is 0 Å². The highest BCUT2D eigenvalue weighted by molar-refractivity contribution is 8.26. The first-order valence-corrected chi connectivity index (χ1v) is 13.8. The first-order valence-electron chi connectivity index (χ1n) is 12.5. The number of amides is 1. The van der Waals surface area contributed by atoms with Gasteiger partial charge in [-0.25, -0.2) is 0 Å². The smallest absolute Gasteiger partial charge is 0.270 e. The molecular weight excluding hydrogens is 480 g/mol. The Morgan fingerprint density at radius 3 is 2.57 bits per heavy atom. The number of carbonyl (C=O) groups is 1. The van der Waals surface area contributed by atoms with Crippen molar-refractivity contribution in [3.63, 3.8) is 0 Å². The summed E-state index contributed by atoms with van der Waals surface area (Å²) in [4.78, 5) is 31.2. The fraction of sp³-hybridized carbons (Fsp3) is 0.615. The standard InChI is InChI=1S/C26H34N4O3S2/c1-5-8-29-23(28-13-16(2)10-17(3)14-28)20(18(4)21(12-27)24(29)31)11-22-25(32)30(26(34)35-22)15-19-7-6-9-33-19/h11,16-17,19H,5-10,13-15H2,1-4H3. The molecule has 3 unspecified atom stereocenters. The highest BCUT2D eigenvalue weighted by Crippen LogP contribution is 2.37. The highest BCUT2D eigenvalue weighted by atomic mass is 32.2. The van der Waals surface area contributed by atoms with Gasteiger partial charge < -0.3 is 9.64 Å². The van der Waals surface area contributed by atoms with Gasteiger partial charge in [0.05, 0.1) is 17.6 Å². The van der Waals surface area contributed by atoms with Crippen LogP contribution in [-0.2, 0) is 16.1 Å². The lowest BCUT2D eigenvalue weighted by Gasteiger charge is -2.39. The van der Waals surface area contributed by atoms with Gasteiger partial charge in [0, 0.05) is 31.8 Å². The van der Waals surface area contributed by atoms with Crippen molar-refractivity contribution in [2.45, 2.75) is 66.0 Å². The molecule has 0 N–H and O–H groups in total. The Hall–Kier alpha value is -2.15. The lowest BCUT2D eigenvalue weighted by atomic mass is 9.91. The van der Waals surface area contributed by atoms with E-state index >= 15 is 0 Å². The van der Waals surface area contributed by atoms with Crippen molar-refractivity contribution in [2.75, 3.05) is 31.1 Å². The lowest BCUT2D eigenvalue weighted by molar-refractivity contribution is -0.123. The van der Waals surface area contributed by atoms with Crippen molar-refractivity contribution < 1.29 is 9.53 Å². The SMILES string of the molecule is CCCn1c(N2CC(C)CC(C)C2)c(C=C2SC(=S)N(CC3CCCO3)C2=O)c(C)c(C#N)c1=O. The van der Waals surface area contributed by atoms with Crippen molar-refractivity contribution in [2.24, 2.45) is 11.8 Å². The zero-order valence-corrected chi connectivity index (χ0v) is 22.6. The molecule has 0 saturated carbocycles. The Bertz CT molecular complexity index is 1140. The Kier molecular flexibility index (Phi) is 8.04. The molecule has 3 aliphatic heterocycles. The summed E-state index contributed by atoms with van der Waals surface area (Å²) in [6.07, 6.45) is 5.71. The fourth-order valence-electron chi connectivity index (χ4n) is 5.53. The maximum Gasteiger partial charge on any atom is 0.270 e. The molecule has 0 bridgehead atoms. The van der Waals surface area contributed by atoms with Gasteiger partial charge in [0.25, 0.3) is 11.5 Å². The Morgan fingerprint density at radius 2 is 1.97 bits per heavy atom. The molecule has 188 valence electrons. The van der Waals surface area contributed by atoms with Gasteiger partial charge >= 0.3 is 0 Å². The predicted octanol–water partition coefficient (Wildman–Crippen LogP) is 4.30. The van der Waals surface area contributed by atoms with Crippen LogP contribution in [0.15, 0.2) is 9.70 Å². The van der Waals surface area contributed by atoms with Crippen molar-refractivity contribution in [1.82, 2.24) is 9.47 Å². The van der Waals surface area contributed by atoms with Crippen LogP contribution in [0, 0.1) is 30.1 Å². The summed E-state index contributed by atoms with van der Waals surface area (Å²) in [6.45, 7) is 11.7. The van der Waals surface area contributed by atoms with Crippen molar-refractivity contribution in [3.8, 4) is 6.07 Å². The molecule has 1 aromatic rings. The van der Waals surface area contributed by atoms with E-state index in [0.717, 1.165) is 56.8 Å². The number of nitrogens with zero attached hydrogens (tertiary/aromatic N) is 4. The van der Waals surface area contributed by atoms with Gasteiger partial charge in [0.1, 0.15) is 21.8 Å². The number of anilines is 1. The van der Waals surface area contributed by atoms with E-state index in [1.807, 2.05) is 19.9 Å². The summed E-state index contributed by atoms with van der Waals surface area (Å²) in [5, 5.41) is 9.85. The van der Waals surface area contributed by atoms with Crippen LogP contribution in [0.25, 0.3) is 6.08 Å². The van der Waals surface area contributed by atoms with E-state index in [0.29, 0.717) is 39.7 Å². The third-order valence-electron chi connectivity index (χ3n) is 7.02. The molecule has 0 aromatic carbocycles. The van der Waals surface area contributed by atoms with E-state index < -0.39 is 0 Å². The van der Waals surface area contributed by atoms with Crippen LogP contribution in [0.3, 0.4) is 0 Å². The second-order valence-electron chi connectivity index (χ2n) is 10.1. The van der Waals surface area contributed by atoms with Crippen LogP contribution in [0.2, 0.25) is 0 Å². The van der Waals surface area contributed by atoms with Gasteiger partial charge in [-0.3, -0.25) is 19.1 Å². The summed E-state index contributed by atoms with van der Waals surface area (Å²) in [6, 6.07) is 2.13. The molecule has 3 saturated heterocycles. The summed E-state index contributed by atoms with van der Waals surface area (Å²) in [5.74, 6) is 1.65. The lowest BCUT2D eigenvalue weighted by Crippen LogP contribution is -2.43. The molecule has 1 aromatic heterocycles. The number of hydrogen-bond acceptors (Lipinski definition) is 7. The van der Waals surface area contributed by atoms with E-state index in [2.05, 4.69) is 24.8 Å². The highest BCUT2D eigenvalue weighted by Gasteiger charge is 2.36. The van der Waals surface area contributed by atoms with E-state index in [4.69, 9.17) is 17.0 Å². The molecular formula is C26H34N4O3S2. The van der Waals surface area contributed by atoms with Crippen LogP contribution in [0.1, 0.15) is 63.1 Å².